The molecular formula is C103H94N22O11. The number of likely N-dealkylation sites (tertiary alicyclic amines) is 2. The van der Waals surface area contributed by atoms with E-state index in [-0.39, 0.29) is 48.2 Å². The number of aryl methyl sites for hydroxylation is 5. The van der Waals surface area contributed by atoms with Gasteiger partial charge in [-0.05, 0) is 236 Å². The molecule has 21 aromatic rings. The van der Waals surface area contributed by atoms with Crippen molar-refractivity contribution in [2.24, 2.45) is 0 Å². The Bertz CT molecular complexity index is 8140. The summed E-state index contributed by atoms with van der Waals surface area (Å²) < 4.78 is 36.9. The molecule has 0 radical (unpaired) electrons. The number of amides is 5. The van der Waals surface area contributed by atoms with Crippen molar-refractivity contribution < 1.29 is 51.2 Å². The van der Waals surface area contributed by atoms with Gasteiger partial charge in [-0.25, -0.2) is 49.8 Å². The second-order valence-electron chi connectivity index (χ2n) is 34.6. The van der Waals surface area contributed by atoms with Gasteiger partial charge in [0.15, 0.2) is 57.4 Å². The van der Waals surface area contributed by atoms with Crippen molar-refractivity contribution in [3.8, 4) is 55.6 Å². The van der Waals surface area contributed by atoms with E-state index in [2.05, 4.69) is 91.1 Å². The van der Waals surface area contributed by atoms with Crippen molar-refractivity contribution in [3.05, 3.63) is 296 Å². The van der Waals surface area contributed by atoms with Gasteiger partial charge in [-0.15, -0.1) is 0 Å². The summed E-state index contributed by atoms with van der Waals surface area (Å²) >= 11 is 0. The molecule has 3 fully saturated rings. The Kier molecular flexibility index (Phi) is 23.6. The van der Waals surface area contributed by atoms with Crippen molar-refractivity contribution in [2.75, 3.05) is 70.8 Å². The number of fused-ring (bicyclic) bond motifs is 10. The van der Waals surface area contributed by atoms with Gasteiger partial charge in [0.25, 0.3) is 29.5 Å². The SMILES string of the molecule is Cc1nc2cc(-c3ccc4ncc(C(=O)N5CCC5)n4c3)ccc2o1.Cc1nc2cc(-c3ccc4ncc(C(=O)N5CCCCC5)n4c3)ccc2o1.Cc1nc2cc(-c3ccc4ncc(C(=O)N5CCN(C(C)(C)C)CC5)n4c3)ccc2o1.Cc1nc2cc(-c3ccc4ncc(C(=O)NCCO)n4c3)ccc2o1.Cc1nc2cc(-c3ccc4ncc(C(=O)Nc5cccnc5)n4c3)ccc2o1. The number of anilines is 1. The smallest absolute Gasteiger partial charge is 0.274 e. The lowest BCUT2D eigenvalue weighted by atomic mass is 10.0. The van der Waals surface area contributed by atoms with Gasteiger partial charge in [-0.2, -0.15) is 0 Å². The zero-order valence-corrected chi connectivity index (χ0v) is 75.9. The van der Waals surface area contributed by atoms with Crippen molar-refractivity contribution in [1.82, 2.24) is 102 Å². The van der Waals surface area contributed by atoms with Crippen LogP contribution in [0.3, 0.4) is 0 Å². The van der Waals surface area contributed by atoms with E-state index in [1.54, 1.807) is 58.1 Å². The molecule has 5 aromatic carbocycles. The number of carbonyl (C=O) groups is 5. The highest BCUT2D eigenvalue weighted by Gasteiger charge is 2.31. The first-order valence-corrected chi connectivity index (χ1v) is 45.0. The van der Waals surface area contributed by atoms with E-state index < -0.39 is 0 Å². The average molecular weight is 1820 g/mol. The van der Waals surface area contributed by atoms with Gasteiger partial charge < -0.3 is 52.5 Å². The number of hydrogen-bond donors (Lipinski definition) is 3. The second kappa shape index (κ2) is 36.8. The first-order chi connectivity index (χ1) is 66.0. The highest BCUT2D eigenvalue weighted by molar-refractivity contribution is 6.04. The zero-order valence-electron chi connectivity index (χ0n) is 75.9. The Labute approximate surface area is 776 Å². The summed E-state index contributed by atoms with van der Waals surface area (Å²) in [6.45, 7) is 22.4. The van der Waals surface area contributed by atoms with Crippen LogP contribution in [0.25, 0.3) is 139 Å². The molecule has 3 saturated heterocycles. The zero-order chi connectivity index (χ0) is 93.6. The monoisotopic (exact) mass is 1810 g/mol. The summed E-state index contributed by atoms with van der Waals surface area (Å²) in [4.78, 5) is 120. The van der Waals surface area contributed by atoms with E-state index in [1.807, 2.05) is 245 Å². The minimum Gasteiger partial charge on any atom is -0.441 e. The fourth-order valence-corrected chi connectivity index (χ4v) is 17.3. The number of piperidine rings is 1. The van der Waals surface area contributed by atoms with Crippen LogP contribution in [0.4, 0.5) is 5.69 Å². The fraction of sp³-hybridized carbons (Fsp3) is 0.223. The second-order valence-corrected chi connectivity index (χ2v) is 34.6. The molecule has 3 N–H and O–H groups in total. The third-order valence-corrected chi connectivity index (χ3v) is 24.4. The molecule has 24 rings (SSSR count). The molecule has 0 spiro atoms. The van der Waals surface area contributed by atoms with Gasteiger partial charge in [0.1, 0.15) is 84.3 Å². The fourth-order valence-electron chi connectivity index (χ4n) is 17.3. The van der Waals surface area contributed by atoms with Gasteiger partial charge in [0.2, 0.25) is 0 Å². The number of aliphatic hydroxyl groups excluding tert-OH is 1. The molecule has 33 nitrogen and oxygen atoms in total. The number of imidazole rings is 5. The quantitative estimate of drug-likeness (QED) is 0.0965. The average Bonchev–Trinajstić information content (AvgIpc) is 1.61. The van der Waals surface area contributed by atoms with Crippen LogP contribution in [0.1, 0.15) is 128 Å². The number of piperazine rings is 1. The molecule has 0 atom stereocenters. The Morgan fingerprint density at radius 3 is 0.926 bits per heavy atom. The predicted molar refractivity (Wildman–Crippen MR) is 514 cm³/mol. The number of rotatable bonds is 13. The van der Waals surface area contributed by atoms with E-state index in [0.29, 0.717) is 74.9 Å². The van der Waals surface area contributed by atoms with E-state index in [0.717, 1.165) is 200 Å². The summed E-state index contributed by atoms with van der Waals surface area (Å²) in [5.74, 6) is 2.81. The van der Waals surface area contributed by atoms with E-state index in [4.69, 9.17) is 27.2 Å². The Morgan fingerprint density at radius 2 is 0.632 bits per heavy atom. The third-order valence-electron chi connectivity index (χ3n) is 24.4. The number of hydrogen-bond acceptors (Lipinski definition) is 23. The van der Waals surface area contributed by atoms with Gasteiger partial charge in [0, 0.05) is 136 Å². The Morgan fingerprint density at radius 1 is 0.338 bits per heavy atom. The molecule has 136 heavy (non-hydrogen) atoms. The number of nitrogens with one attached hydrogen (secondary N) is 2. The molecule has 0 aliphatic carbocycles. The van der Waals surface area contributed by atoms with Gasteiger partial charge in [-0.1, -0.05) is 30.3 Å². The highest BCUT2D eigenvalue weighted by Crippen LogP contribution is 2.34. The number of nitrogens with zero attached hydrogens (tertiary/aromatic N) is 20. The predicted octanol–water partition coefficient (Wildman–Crippen LogP) is 17.7. The van der Waals surface area contributed by atoms with Crippen molar-refractivity contribution >= 4 is 119 Å². The molecule has 3 aliphatic rings. The standard InChI is InChI=1S/C24H27N5O2.C21H15N5O2.C21H20N4O2.C19H16N4O2.C18H16N4O3/c1-16-26-19-13-17(5-7-21(19)31-16)18-6-8-22-25-14-20(29(22)15-18)23(30)27-9-11-28(12-10-27)24(2,3)4;1-13-24-17-9-14(4-6-19(17)28-13)15-5-7-20-23-11-18(26(20)12-15)21(27)25-16-3-2-8-22-10-16;1-14-23-17-11-15(5-7-19(17)27-14)16-6-8-20-22-12-18(25(20)13-16)21(26)24-9-3-2-4-10-24;1-12-21-15-9-13(3-5-17(15)25-12)14-4-6-18-20-10-16(23(18)11-14)19(24)22-7-2-8-22;1-11-21-14-8-12(2-4-16(14)25-11)13-3-5-17-20-9-15(22(17)10-13)18(24)19-6-7-23/h5-8,13-15H,9-12H2,1-4H3;2-12H,1H3,(H,25,27);5-8,11-13H,2-4,9-10H2,1H3;3-6,9-11H,2,7-8H2,1H3;2-5,8-10,23H,6-7H2,1H3,(H,19,24). The van der Waals surface area contributed by atoms with Gasteiger partial charge in [0.05, 0.1) is 49.5 Å². The molecule has 0 bridgehead atoms. The maximum absolute atomic E-state index is 13.3. The maximum Gasteiger partial charge on any atom is 0.274 e. The number of benzene rings is 5. The minimum atomic E-state index is -0.277. The number of aliphatic hydroxyl groups is 1. The molecule has 19 heterocycles. The first-order valence-electron chi connectivity index (χ1n) is 45.0. The van der Waals surface area contributed by atoms with Gasteiger partial charge >= 0.3 is 0 Å². The molecule has 0 unspecified atom stereocenters. The van der Waals surface area contributed by atoms with Crippen LogP contribution in [0.2, 0.25) is 0 Å². The van der Waals surface area contributed by atoms with Crippen molar-refractivity contribution in [3.63, 3.8) is 0 Å². The highest BCUT2D eigenvalue weighted by atomic mass is 16.4. The summed E-state index contributed by atoms with van der Waals surface area (Å²) in [6.07, 6.45) is 25.5. The topological polar surface area (TPSA) is 372 Å². The van der Waals surface area contributed by atoms with E-state index in [9.17, 15) is 24.0 Å². The summed E-state index contributed by atoms with van der Waals surface area (Å²) in [5.41, 5.74) is 25.0. The number of carbonyl (C=O) groups excluding carboxylic acids is 5. The van der Waals surface area contributed by atoms with Crippen LogP contribution in [-0.2, 0) is 0 Å². The van der Waals surface area contributed by atoms with Crippen LogP contribution >= 0.6 is 0 Å². The van der Waals surface area contributed by atoms with Gasteiger partial charge in [-0.3, -0.25) is 55.9 Å². The number of pyridine rings is 6. The molecule has 16 aromatic heterocycles. The maximum atomic E-state index is 13.3. The van der Waals surface area contributed by atoms with Crippen LogP contribution in [0.5, 0.6) is 0 Å². The molecule has 682 valence electrons. The van der Waals surface area contributed by atoms with Crippen molar-refractivity contribution in [2.45, 2.75) is 86.6 Å². The molecule has 5 amide bonds. The van der Waals surface area contributed by atoms with Crippen LogP contribution in [-0.4, -0.2) is 202 Å². The van der Waals surface area contributed by atoms with Crippen LogP contribution in [0, 0.1) is 34.6 Å². The van der Waals surface area contributed by atoms with Crippen LogP contribution < -0.4 is 10.6 Å². The molecular weight excluding hydrogens is 1720 g/mol. The summed E-state index contributed by atoms with van der Waals surface area (Å²) in [7, 11) is 0. The first kappa shape index (κ1) is 87.3. The van der Waals surface area contributed by atoms with E-state index in [1.165, 1.54) is 12.6 Å². The lowest BCUT2D eigenvalue weighted by Gasteiger charge is -2.42. The third kappa shape index (κ3) is 18.1. The normalized spacial score (nSPS) is 13.6. The van der Waals surface area contributed by atoms with E-state index >= 15 is 0 Å². The summed E-state index contributed by atoms with van der Waals surface area (Å²) in [6, 6.07) is 52.6. The minimum absolute atomic E-state index is 0.0285. The number of oxazole rings is 5. The lowest BCUT2D eigenvalue weighted by Crippen LogP contribution is -2.54. The van der Waals surface area contributed by atoms with Crippen molar-refractivity contribution in [1.29, 1.82) is 0 Å². The molecule has 33 heteroatoms. The Balaban J connectivity index is 0.000000105. The number of aromatic nitrogens is 16. The molecule has 3 aliphatic heterocycles. The lowest BCUT2D eigenvalue weighted by molar-refractivity contribution is 0.0446. The largest absolute Gasteiger partial charge is 0.441 e. The Hall–Kier alpha value is -16.7. The molecule has 0 saturated carbocycles. The summed E-state index contributed by atoms with van der Waals surface area (Å²) in [5, 5.41) is 14.3. The van der Waals surface area contributed by atoms with Crippen LogP contribution in [0.15, 0.2) is 260 Å².